The lowest BCUT2D eigenvalue weighted by Gasteiger charge is -2.17. The van der Waals surface area contributed by atoms with Crippen molar-refractivity contribution in [3.63, 3.8) is 0 Å². The smallest absolute Gasteiger partial charge is 0.0416 e. The number of rotatable bonds is 1. The van der Waals surface area contributed by atoms with Gasteiger partial charge in [0.2, 0.25) is 0 Å². The van der Waals surface area contributed by atoms with E-state index in [2.05, 4.69) is 23.5 Å². The summed E-state index contributed by atoms with van der Waals surface area (Å²) in [5, 5.41) is 3.32. The van der Waals surface area contributed by atoms with Crippen molar-refractivity contribution in [3.05, 3.63) is 35.4 Å². The van der Waals surface area contributed by atoms with E-state index in [0.717, 1.165) is 6.54 Å². The maximum absolute atomic E-state index is 5.55. The molecule has 62 valence electrons. The second-order valence-electron chi connectivity index (χ2n) is 2.95. The van der Waals surface area contributed by atoms with Crippen LogP contribution in [0.25, 0.3) is 6.08 Å². The van der Waals surface area contributed by atoms with Gasteiger partial charge in [-0.2, -0.15) is 0 Å². The number of hydrogen-bond donors (Lipinski definition) is 2. The molecule has 1 heterocycles. The molecule has 2 heteroatoms. The summed E-state index contributed by atoms with van der Waals surface area (Å²) in [4.78, 5) is 0. The Morgan fingerprint density at radius 3 is 3.00 bits per heavy atom. The van der Waals surface area contributed by atoms with Gasteiger partial charge < -0.3 is 11.1 Å². The molecule has 12 heavy (non-hydrogen) atoms. The molecular weight excluding hydrogens is 148 g/mol. The van der Waals surface area contributed by atoms with Crippen molar-refractivity contribution in [2.45, 2.75) is 0 Å². The Kier molecular flexibility index (Phi) is 1.84. The van der Waals surface area contributed by atoms with E-state index in [0.29, 0.717) is 6.54 Å². The molecule has 1 aromatic rings. The summed E-state index contributed by atoms with van der Waals surface area (Å²) in [6, 6.07) is 8.25. The van der Waals surface area contributed by atoms with Gasteiger partial charge in [0.15, 0.2) is 0 Å². The molecule has 1 aromatic carbocycles. The van der Waals surface area contributed by atoms with Gasteiger partial charge in [-0.3, -0.25) is 0 Å². The van der Waals surface area contributed by atoms with Crippen LogP contribution in [-0.4, -0.2) is 13.1 Å². The predicted octanol–water partition coefficient (Wildman–Crippen LogP) is 1.45. The molecular formula is C10H12N2. The Bertz CT molecular complexity index is 315. The highest BCUT2D eigenvalue weighted by Crippen LogP contribution is 2.22. The Labute approximate surface area is 72.1 Å². The molecule has 0 unspecified atom stereocenters. The van der Waals surface area contributed by atoms with Gasteiger partial charge in [0.25, 0.3) is 0 Å². The fraction of sp³-hybridized carbons (Fsp3) is 0.200. The molecule has 1 aliphatic heterocycles. The Hall–Kier alpha value is -1.28. The third kappa shape index (κ3) is 1.21. The van der Waals surface area contributed by atoms with Crippen LogP contribution in [0, 0.1) is 0 Å². The lowest BCUT2D eigenvalue weighted by molar-refractivity contribution is 1.07. The topological polar surface area (TPSA) is 38.0 Å². The van der Waals surface area contributed by atoms with Crippen molar-refractivity contribution in [3.8, 4) is 0 Å². The van der Waals surface area contributed by atoms with Gasteiger partial charge in [0, 0.05) is 18.8 Å². The van der Waals surface area contributed by atoms with Gasteiger partial charge in [-0.25, -0.2) is 0 Å². The van der Waals surface area contributed by atoms with Crippen molar-refractivity contribution in [1.82, 2.24) is 0 Å². The Morgan fingerprint density at radius 1 is 1.33 bits per heavy atom. The highest BCUT2D eigenvalue weighted by molar-refractivity contribution is 5.72. The quantitative estimate of drug-likeness (QED) is 0.652. The average Bonchev–Trinajstić information content (AvgIpc) is 2.17. The van der Waals surface area contributed by atoms with Crippen LogP contribution in [0.3, 0.4) is 0 Å². The number of fused-ring (bicyclic) bond motifs is 1. The van der Waals surface area contributed by atoms with Crippen LogP contribution >= 0.6 is 0 Å². The maximum atomic E-state index is 5.55. The Morgan fingerprint density at radius 2 is 2.17 bits per heavy atom. The van der Waals surface area contributed by atoms with E-state index >= 15 is 0 Å². The first-order chi connectivity index (χ1) is 5.90. The normalized spacial score (nSPS) is 14.6. The summed E-state index contributed by atoms with van der Waals surface area (Å²) in [5.74, 6) is 0. The molecule has 0 saturated carbocycles. The van der Waals surface area contributed by atoms with Gasteiger partial charge in [-0.05, 0) is 17.2 Å². The van der Waals surface area contributed by atoms with Gasteiger partial charge in [-0.15, -0.1) is 0 Å². The summed E-state index contributed by atoms with van der Waals surface area (Å²) in [6.45, 7) is 1.52. The minimum Gasteiger partial charge on any atom is -0.381 e. The molecule has 0 spiro atoms. The first-order valence-corrected chi connectivity index (χ1v) is 4.12. The minimum absolute atomic E-state index is 0.640. The molecule has 0 atom stereocenters. The zero-order valence-electron chi connectivity index (χ0n) is 6.88. The second kappa shape index (κ2) is 2.99. The van der Waals surface area contributed by atoms with Crippen LogP contribution in [0.1, 0.15) is 5.56 Å². The number of hydrogen-bond acceptors (Lipinski definition) is 2. The number of nitrogens with two attached hydrogens (primary N) is 1. The van der Waals surface area contributed by atoms with Crippen molar-refractivity contribution < 1.29 is 0 Å². The molecule has 0 aliphatic carbocycles. The minimum atomic E-state index is 0.640. The lowest BCUT2D eigenvalue weighted by Crippen LogP contribution is -2.16. The predicted molar refractivity (Wildman–Crippen MR) is 52.0 cm³/mol. The van der Waals surface area contributed by atoms with Crippen molar-refractivity contribution >= 4 is 11.8 Å². The first kappa shape index (κ1) is 7.37. The molecule has 0 fully saturated rings. The SMILES string of the molecule is NCC1=Cc2ccccc2NC1. The number of nitrogens with one attached hydrogen (secondary N) is 1. The van der Waals surface area contributed by atoms with E-state index < -0.39 is 0 Å². The van der Waals surface area contributed by atoms with Gasteiger partial charge >= 0.3 is 0 Å². The van der Waals surface area contributed by atoms with Crippen LogP contribution in [0.5, 0.6) is 0 Å². The summed E-state index contributed by atoms with van der Waals surface area (Å²) in [7, 11) is 0. The molecule has 1 aliphatic rings. The van der Waals surface area contributed by atoms with Crippen LogP contribution < -0.4 is 11.1 Å². The monoisotopic (exact) mass is 160 g/mol. The molecule has 2 nitrogen and oxygen atoms in total. The maximum Gasteiger partial charge on any atom is 0.0416 e. The number of benzene rings is 1. The largest absolute Gasteiger partial charge is 0.381 e. The molecule has 0 saturated heterocycles. The summed E-state index contributed by atoms with van der Waals surface area (Å²) >= 11 is 0. The summed E-state index contributed by atoms with van der Waals surface area (Å²) < 4.78 is 0. The van der Waals surface area contributed by atoms with Crippen molar-refractivity contribution in [2.24, 2.45) is 5.73 Å². The zero-order valence-corrected chi connectivity index (χ0v) is 6.88. The van der Waals surface area contributed by atoms with E-state index in [1.54, 1.807) is 0 Å². The van der Waals surface area contributed by atoms with Gasteiger partial charge in [0.1, 0.15) is 0 Å². The number of anilines is 1. The fourth-order valence-corrected chi connectivity index (χ4v) is 1.39. The molecule has 0 aromatic heterocycles. The van der Waals surface area contributed by atoms with Crippen LogP contribution in [0.4, 0.5) is 5.69 Å². The second-order valence-corrected chi connectivity index (χ2v) is 2.95. The van der Waals surface area contributed by atoms with E-state index in [-0.39, 0.29) is 0 Å². The van der Waals surface area contributed by atoms with E-state index in [1.807, 2.05) is 12.1 Å². The van der Waals surface area contributed by atoms with E-state index in [1.165, 1.54) is 16.8 Å². The van der Waals surface area contributed by atoms with Gasteiger partial charge in [0.05, 0.1) is 0 Å². The van der Waals surface area contributed by atoms with E-state index in [4.69, 9.17) is 5.73 Å². The first-order valence-electron chi connectivity index (χ1n) is 4.12. The molecule has 2 rings (SSSR count). The zero-order chi connectivity index (χ0) is 8.39. The third-order valence-corrected chi connectivity index (χ3v) is 2.09. The summed E-state index contributed by atoms with van der Waals surface area (Å²) in [6.07, 6.45) is 2.16. The lowest BCUT2D eigenvalue weighted by atomic mass is 10.1. The molecule has 3 N–H and O–H groups in total. The van der Waals surface area contributed by atoms with Gasteiger partial charge in [-0.1, -0.05) is 24.3 Å². The van der Waals surface area contributed by atoms with E-state index in [9.17, 15) is 0 Å². The average molecular weight is 160 g/mol. The van der Waals surface area contributed by atoms with Crippen LogP contribution in [-0.2, 0) is 0 Å². The third-order valence-electron chi connectivity index (χ3n) is 2.09. The van der Waals surface area contributed by atoms with Crippen LogP contribution in [0.15, 0.2) is 29.8 Å². The highest BCUT2D eigenvalue weighted by Gasteiger charge is 2.06. The molecule has 0 bridgehead atoms. The molecule has 0 radical (unpaired) electrons. The summed E-state index contributed by atoms with van der Waals surface area (Å²) in [5.41, 5.74) is 9.25. The van der Waals surface area contributed by atoms with Crippen LogP contribution in [0.2, 0.25) is 0 Å². The fourth-order valence-electron chi connectivity index (χ4n) is 1.39. The highest BCUT2D eigenvalue weighted by atomic mass is 14.9. The Balaban J connectivity index is 2.41. The van der Waals surface area contributed by atoms with Crippen molar-refractivity contribution in [2.75, 3.05) is 18.4 Å². The molecule has 0 amide bonds. The number of para-hydroxylation sites is 1. The van der Waals surface area contributed by atoms with Crippen molar-refractivity contribution in [1.29, 1.82) is 0 Å². The standard InChI is InChI=1S/C10H12N2/c11-6-8-5-9-3-1-2-4-10(9)12-7-8/h1-5,12H,6-7,11H2.